The van der Waals surface area contributed by atoms with Crippen molar-refractivity contribution in [3.8, 4) is 0 Å². The highest BCUT2D eigenvalue weighted by Crippen LogP contribution is 2.33. The van der Waals surface area contributed by atoms with Crippen molar-refractivity contribution in [2.45, 2.75) is 76.0 Å². The molecular formula is C49H59N5O5. The van der Waals surface area contributed by atoms with Crippen molar-refractivity contribution < 1.29 is 24.3 Å². The van der Waals surface area contributed by atoms with Gasteiger partial charge >= 0.3 is 5.97 Å². The van der Waals surface area contributed by atoms with Crippen LogP contribution >= 0.6 is 0 Å². The van der Waals surface area contributed by atoms with E-state index >= 15 is 0 Å². The molecule has 0 radical (unpaired) electrons. The van der Waals surface area contributed by atoms with E-state index in [9.17, 15) is 24.3 Å². The summed E-state index contributed by atoms with van der Waals surface area (Å²) >= 11 is 0. The number of carboxylic acid groups (broad SMARTS) is 1. The summed E-state index contributed by atoms with van der Waals surface area (Å²) in [5.74, 6) is 0.276. The van der Waals surface area contributed by atoms with E-state index in [0.29, 0.717) is 24.3 Å². The Kier molecular flexibility index (Phi) is 14.2. The summed E-state index contributed by atoms with van der Waals surface area (Å²) in [4.78, 5) is 57.4. The van der Waals surface area contributed by atoms with Gasteiger partial charge in [0, 0.05) is 76.1 Å². The van der Waals surface area contributed by atoms with E-state index in [0.717, 1.165) is 132 Å². The van der Waals surface area contributed by atoms with E-state index in [1.165, 1.54) is 11.1 Å². The van der Waals surface area contributed by atoms with Crippen molar-refractivity contribution >= 4 is 35.1 Å². The van der Waals surface area contributed by atoms with Crippen molar-refractivity contribution in [2.24, 2.45) is 0 Å². The van der Waals surface area contributed by atoms with Crippen LogP contribution < -0.4 is 15.1 Å². The highest BCUT2D eigenvalue weighted by molar-refractivity contribution is 5.96. The van der Waals surface area contributed by atoms with Crippen molar-refractivity contribution in [3.63, 3.8) is 0 Å². The van der Waals surface area contributed by atoms with E-state index in [-0.39, 0.29) is 23.6 Å². The fraction of sp³-hybridized carbons (Fsp3) is 0.429. The first kappa shape index (κ1) is 41.8. The Morgan fingerprint density at radius 3 is 1.51 bits per heavy atom. The zero-order valence-corrected chi connectivity index (χ0v) is 34.5. The molecule has 4 heterocycles. The van der Waals surface area contributed by atoms with Crippen LogP contribution in [-0.4, -0.2) is 98.0 Å². The Bertz CT molecular complexity index is 2100. The van der Waals surface area contributed by atoms with Crippen LogP contribution in [-0.2, 0) is 22.4 Å². The average molecular weight is 798 g/mol. The lowest BCUT2D eigenvalue weighted by Crippen LogP contribution is -2.36. The Hall–Kier alpha value is -5.32. The summed E-state index contributed by atoms with van der Waals surface area (Å²) in [6.45, 7) is 7.41. The molecule has 310 valence electrons. The zero-order chi connectivity index (χ0) is 41.1. The van der Waals surface area contributed by atoms with Crippen molar-refractivity contribution in [1.82, 2.24) is 15.1 Å². The van der Waals surface area contributed by atoms with Crippen LogP contribution in [0.2, 0.25) is 0 Å². The molecule has 2 N–H and O–H groups in total. The fourth-order valence-electron chi connectivity index (χ4n) is 9.47. The largest absolute Gasteiger partial charge is 0.478 e. The standard InChI is InChI=1S/C25H31N3O2.C24H28N2O3/c1-26-25(30)22-10-4-3-9-21(22)20-14-17-27(18-20)16-13-19-8-2-5-11-23(19)28-15-7-6-12-24(28)29;27-23-11-5-6-14-26(23)22-10-4-1-7-18(22)12-15-25-16-13-19(17-25)20-8-2-3-9-21(20)24(28)29/h2-5,8-11,20H,6-7,12-18H2,1H3,(H,26,30);1-4,7-10,19H,5-6,11-17H2,(H,28,29). The van der Waals surface area contributed by atoms with Gasteiger partial charge in [-0.1, -0.05) is 72.8 Å². The number of nitrogens with zero attached hydrogens (tertiary/aromatic N) is 4. The third-order valence-corrected chi connectivity index (χ3v) is 12.7. The van der Waals surface area contributed by atoms with Crippen LogP contribution in [0.4, 0.5) is 11.4 Å². The van der Waals surface area contributed by atoms with Gasteiger partial charge in [0.05, 0.1) is 5.56 Å². The van der Waals surface area contributed by atoms with Crippen LogP contribution in [0.3, 0.4) is 0 Å². The number of rotatable bonds is 12. The summed E-state index contributed by atoms with van der Waals surface area (Å²) < 4.78 is 0. The maximum Gasteiger partial charge on any atom is 0.335 e. The van der Waals surface area contributed by atoms with Gasteiger partial charge in [0.2, 0.25) is 11.8 Å². The second kappa shape index (κ2) is 20.1. The summed E-state index contributed by atoms with van der Waals surface area (Å²) in [7, 11) is 1.69. The number of carbonyl (C=O) groups is 4. The molecule has 3 amide bonds. The van der Waals surface area contributed by atoms with Gasteiger partial charge < -0.3 is 30.0 Å². The molecule has 0 aliphatic carbocycles. The van der Waals surface area contributed by atoms with Gasteiger partial charge in [-0.15, -0.1) is 0 Å². The third kappa shape index (κ3) is 10.3. The highest BCUT2D eigenvalue weighted by atomic mass is 16.4. The van der Waals surface area contributed by atoms with E-state index in [1.807, 2.05) is 58.3 Å². The Balaban J connectivity index is 0.000000179. The molecule has 4 aliphatic rings. The minimum absolute atomic E-state index is 0.0100. The zero-order valence-electron chi connectivity index (χ0n) is 34.5. The molecular weight excluding hydrogens is 739 g/mol. The van der Waals surface area contributed by atoms with E-state index in [2.05, 4.69) is 51.5 Å². The average Bonchev–Trinajstić information content (AvgIpc) is 3.96. The minimum atomic E-state index is -0.848. The number of anilines is 2. The van der Waals surface area contributed by atoms with Crippen molar-refractivity contribution in [2.75, 3.05) is 69.2 Å². The van der Waals surface area contributed by atoms with Gasteiger partial charge in [0.25, 0.3) is 5.91 Å². The maximum absolute atomic E-state index is 12.4. The lowest BCUT2D eigenvalue weighted by atomic mass is 9.93. The number of piperidine rings is 2. The number of carbonyl (C=O) groups excluding carboxylic acids is 3. The van der Waals surface area contributed by atoms with E-state index in [1.54, 1.807) is 19.2 Å². The summed E-state index contributed by atoms with van der Waals surface area (Å²) in [6.07, 6.45) is 9.33. The fourth-order valence-corrected chi connectivity index (χ4v) is 9.47. The number of carboxylic acids is 1. The minimum Gasteiger partial charge on any atom is -0.478 e. The first-order valence-electron chi connectivity index (χ1n) is 21.6. The van der Waals surface area contributed by atoms with Crippen LogP contribution in [0.25, 0.3) is 0 Å². The lowest BCUT2D eigenvalue weighted by molar-refractivity contribution is -0.120. The molecule has 0 spiro atoms. The Morgan fingerprint density at radius 2 is 1.03 bits per heavy atom. The van der Waals surface area contributed by atoms with Crippen LogP contribution in [0, 0.1) is 0 Å². The quantitative estimate of drug-likeness (QED) is 0.153. The number of benzene rings is 4. The molecule has 0 saturated carbocycles. The molecule has 10 heteroatoms. The molecule has 2 unspecified atom stereocenters. The Morgan fingerprint density at radius 1 is 0.593 bits per heavy atom. The molecule has 8 rings (SSSR count). The predicted molar refractivity (Wildman–Crippen MR) is 234 cm³/mol. The van der Waals surface area contributed by atoms with Gasteiger partial charge in [-0.05, 0) is 123 Å². The maximum atomic E-state index is 12.4. The van der Waals surface area contributed by atoms with Crippen LogP contribution in [0.15, 0.2) is 97.1 Å². The Labute approximate surface area is 349 Å². The van der Waals surface area contributed by atoms with Crippen LogP contribution in [0.5, 0.6) is 0 Å². The van der Waals surface area contributed by atoms with Crippen molar-refractivity contribution in [1.29, 1.82) is 0 Å². The SMILES string of the molecule is CNC(=O)c1ccccc1C1CCN(CCc2ccccc2N2CCCCC2=O)C1.O=C(O)c1ccccc1C1CCN(CCc2ccccc2N2CCCCC2=O)C1. The number of likely N-dealkylation sites (tertiary alicyclic amines) is 2. The molecule has 4 aromatic carbocycles. The van der Waals surface area contributed by atoms with Gasteiger partial charge in [-0.25, -0.2) is 4.79 Å². The number of amides is 3. The number of hydrogen-bond acceptors (Lipinski definition) is 6. The first-order valence-corrected chi connectivity index (χ1v) is 21.6. The predicted octanol–water partition coefficient (Wildman–Crippen LogP) is 7.53. The summed E-state index contributed by atoms with van der Waals surface area (Å²) in [5.41, 5.74) is 7.93. The molecule has 0 aromatic heterocycles. The smallest absolute Gasteiger partial charge is 0.335 e. The molecule has 0 bridgehead atoms. The first-order chi connectivity index (χ1) is 28.8. The monoisotopic (exact) mass is 797 g/mol. The van der Waals surface area contributed by atoms with Gasteiger partial charge in [0.15, 0.2) is 0 Å². The molecule has 2 atom stereocenters. The molecule has 10 nitrogen and oxygen atoms in total. The van der Waals surface area contributed by atoms with Crippen LogP contribution in [0.1, 0.15) is 106 Å². The normalized spacial score (nSPS) is 20.0. The number of hydrogen-bond donors (Lipinski definition) is 2. The van der Waals surface area contributed by atoms with Gasteiger partial charge in [-0.3, -0.25) is 14.4 Å². The molecule has 4 saturated heterocycles. The highest BCUT2D eigenvalue weighted by Gasteiger charge is 2.29. The molecule has 4 fully saturated rings. The number of nitrogens with one attached hydrogen (secondary N) is 1. The second-order valence-corrected chi connectivity index (χ2v) is 16.4. The number of para-hydroxylation sites is 2. The summed E-state index contributed by atoms with van der Waals surface area (Å²) in [6, 6.07) is 31.9. The second-order valence-electron chi connectivity index (χ2n) is 16.4. The summed E-state index contributed by atoms with van der Waals surface area (Å²) in [5, 5.41) is 12.2. The molecule has 4 aromatic rings. The topological polar surface area (TPSA) is 114 Å². The van der Waals surface area contributed by atoms with E-state index < -0.39 is 5.97 Å². The molecule has 59 heavy (non-hydrogen) atoms. The van der Waals surface area contributed by atoms with Crippen molar-refractivity contribution in [3.05, 3.63) is 130 Å². The third-order valence-electron chi connectivity index (χ3n) is 12.7. The van der Waals surface area contributed by atoms with E-state index in [4.69, 9.17) is 0 Å². The lowest BCUT2D eigenvalue weighted by Gasteiger charge is -2.29. The number of aromatic carboxylic acids is 1. The van der Waals surface area contributed by atoms with Gasteiger partial charge in [-0.2, -0.15) is 0 Å². The van der Waals surface area contributed by atoms with Gasteiger partial charge in [0.1, 0.15) is 0 Å². The molecule has 4 aliphatic heterocycles.